The van der Waals surface area contributed by atoms with E-state index in [1.54, 1.807) is 6.20 Å². The van der Waals surface area contributed by atoms with Crippen LogP contribution in [0.1, 0.15) is 41.6 Å². The molecule has 0 bridgehead atoms. The number of benzene rings is 1. The third-order valence-electron chi connectivity index (χ3n) is 5.72. The van der Waals surface area contributed by atoms with Crippen LogP contribution in [0.5, 0.6) is 0 Å². The number of carbonyl (C=O) groups excluding carboxylic acids is 1. The third kappa shape index (κ3) is 3.58. The van der Waals surface area contributed by atoms with E-state index in [-0.39, 0.29) is 17.9 Å². The Hall–Kier alpha value is -2.71. The molecule has 5 heteroatoms. The topological polar surface area (TPSA) is 60.2 Å². The second kappa shape index (κ2) is 7.89. The number of nitrogens with zero attached hydrogens (tertiary/aromatic N) is 4. The van der Waals surface area contributed by atoms with Crippen molar-refractivity contribution in [3.05, 3.63) is 65.5 Å². The lowest BCUT2D eigenvalue weighted by Gasteiger charge is -2.39. The maximum absolute atomic E-state index is 13.1. The van der Waals surface area contributed by atoms with Crippen molar-refractivity contribution in [1.82, 2.24) is 14.8 Å². The summed E-state index contributed by atoms with van der Waals surface area (Å²) in [6.07, 6.45) is 4.73. The molecule has 1 saturated heterocycles. The Morgan fingerprint density at radius 2 is 1.89 bits per heavy atom. The summed E-state index contributed by atoms with van der Waals surface area (Å²) in [5.74, 6) is 0.0879. The first-order valence-corrected chi connectivity index (χ1v) is 9.69. The lowest BCUT2D eigenvalue weighted by Crippen LogP contribution is -2.51. The number of rotatable bonds is 3. The summed E-state index contributed by atoms with van der Waals surface area (Å²) < 4.78 is 0. The fourth-order valence-corrected chi connectivity index (χ4v) is 4.27. The molecule has 0 radical (unpaired) electrons. The van der Waals surface area contributed by atoms with E-state index in [9.17, 15) is 10.1 Å². The molecule has 1 fully saturated rings. The molecule has 0 spiro atoms. The number of hydrogen-bond acceptors (Lipinski definition) is 4. The molecule has 1 aromatic heterocycles. The second-order valence-corrected chi connectivity index (χ2v) is 7.30. The quantitative estimate of drug-likeness (QED) is 0.844. The highest BCUT2D eigenvalue weighted by molar-refractivity contribution is 5.84. The standard InChI is InChI=1S/C22H24N4O/c23-16-20(17-6-2-1-3-7-17)25-12-14-26(15-13-25)22(27)19-10-4-8-18-9-5-11-24-21(18)19/h1-3,5-7,9,11,19-20H,4,8,10,12-15H2. The zero-order valence-electron chi connectivity index (χ0n) is 15.4. The Balaban J connectivity index is 1.43. The van der Waals surface area contributed by atoms with Crippen molar-refractivity contribution in [3.8, 4) is 6.07 Å². The van der Waals surface area contributed by atoms with Gasteiger partial charge in [0, 0.05) is 32.4 Å². The van der Waals surface area contributed by atoms with E-state index in [1.807, 2.05) is 41.3 Å². The van der Waals surface area contributed by atoms with Crippen LogP contribution in [0.4, 0.5) is 0 Å². The summed E-state index contributed by atoms with van der Waals surface area (Å²) in [4.78, 5) is 21.8. The van der Waals surface area contributed by atoms with Crippen molar-refractivity contribution >= 4 is 5.91 Å². The first-order valence-electron chi connectivity index (χ1n) is 9.69. The van der Waals surface area contributed by atoms with Crippen molar-refractivity contribution in [2.24, 2.45) is 0 Å². The maximum Gasteiger partial charge on any atom is 0.231 e. The number of fused-ring (bicyclic) bond motifs is 1. The molecule has 138 valence electrons. The first kappa shape index (κ1) is 17.7. The molecule has 2 aromatic rings. The summed E-state index contributed by atoms with van der Waals surface area (Å²) in [7, 11) is 0. The van der Waals surface area contributed by atoms with Gasteiger partial charge < -0.3 is 4.90 Å². The van der Waals surface area contributed by atoms with Crippen LogP contribution >= 0.6 is 0 Å². The molecule has 1 amide bonds. The zero-order valence-corrected chi connectivity index (χ0v) is 15.4. The Morgan fingerprint density at radius 3 is 2.63 bits per heavy atom. The predicted octanol–water partition coefficient (Wildman–Crippen LogP) is 2.91. The number of amides is 1. The van der Waals surface area contributed by atoms with E-state index in [4.69, 9.17) is 0 Å². The summed E-state index contributed by atoms with van der Waals surface area (Å²) in [6, 6.07) is 16.1. The SMILES string of the molecule is N#CC(c1ccccc1)N1CCN(C(=O)C2CCCc3cccnc32)CC1. The molecule has 27 heavy (non-hydrogen) atoms. The number of hydrogen-bond donors (Lipinski definition) is 0. The molecular formula is C22H24N4O. The van der Waals surface area contributed by atoms with Crippen LogP contribution in [-0.4, -0.2) is 46.9 Å². The first-order chi connectivity index (χ1) is 13.3. The molecule has 1 aromatic carbocycles. The number of piperazine rings is 1. The van der Waals surface area contributed by atoms with Crippen molar-refractivity contribution in [1.29, 1.82) is 5.26 Å². The second-order valence-electron chi connectivity index (χ2n) is 7.30. The summed E-state index contributed by atoms with van der Waals surface area (Å²) in [5.41, 5.74) is 3.20. The summed E-state index contributed by atoms with van der Waals surface area (Å²) in [6.45, 7) is 2.78. The molecule has 2 unspecified atom stereocenters. The van der Waals surface area contributed by atoms with E-state index in [1.165, 1.54) is 5.56 Å². The van der Waals surface area contributed by atoms with E-state index in [0.717, 1.165) is 43.6 Å². The average molecular weight is 360 g/mol. The highest BCUT2D eigenvalue weighted by atomic mass is 16.2. The minimum absolute atomic E-state index is 0.109. The lowest BCUT2D eigenvalue weighted by molar-refractivity contribution is -0.135. The average Bonchev–Trinajstić information content (AvgIpc) is 2.75. The molecule has 0 N–H and O–H groups in total. The highest BCUT2D eigenvalue weighted by Crippen LogP contribution is 2.32. The fraction of sp³-hybridized carbons (Fsp3) is 0.409. The Labute approximate surface area is 160 Å². The summed E-state index contributed by atoms with van der Waals surface area (Å²) >= 11 is 0. The van der Waals surface area contributed by atoms with Crippen molar-refractivity contribution in [2.75, 3.05) is 26.2 Å². The van der Waals surface area contributed by atoms with Crippen LogP contribution in [0.15, 0.2) is 48.7 Å². The monoisotopic (exact) mass is 360 g/mol. The molecular weight excluding hydrogens is 336 g/mol. The van der Waals surface area contributed by atoms with Crippen LogP contribution < -0.4 is 0 Å². The van der Waals surface area contributed by atoms with E-state index in [2.05, 4.69) is 22.0 Å². The van der Waals surface area contributed by atoms with Crippen molar-refractivity contribution in [3.63, 3.8) is 0 Å². The Kier molecular flexibility index (Phi) is 5.17. The smallest absolute Gasteiger partial charge is 0.231 e. The van der Waals surface area contributed by atoms with Gasteiger partial charge in [0.1, 0.15) is 6.04 Å². The van der Waals surface area contributed by atoms with E-state index >= 15 is 0 Å². The minimum Gasteiger partial charge on any atom is -0.340 e. The van der Waals surface area contributed by atoms with Gasteiger partial charge >= 0.3 is 0 Å². The fourth-order valence-electron chi connectivity index (χ4n) is 4.27. The van der Waals surface area contributed by atoms with Crippen molar-refractivity contribution < 1.29 is 4.79 Å². The Morgan fingerprint density at radius 1 is 1.11 bits per heavy atom. The molecule has 5 nitrogen and oxygen atoms in total. The van der Waals surface area contributed by atoms with E-state index in [0.29, 0.717) is 13.1 Å². The number of nitriles is 1. The number of aryl methyl sites for hydroxylation is 1. The number of pyridine rings is 1. The van der Waals surface area contributed by atoms with Gasteiger partial charge in [-0.05, 0) is 36.5 Å². The van der Waals surface area contributed by atoms with Gasteiger partial charge in [-0.1, -0.05) is 36.4 Å². The van der Waals surface area contributed by atoms with Gasteiger partial charge in [0.05, 0.1) is 17.7 Å². The largest absolute Gasteiger partial charge is 0.340 e. The minimum atomic E-state index is -0.250. The Bertz CT molecular complexity index is 837. The van der Waals surface area contributed by atoms with E-state index < -0.39 is 0 Å². The molecule has 2 heterocycles. The zero-order chi connectivity index (χ0) is 18.6. The maximum atomic E-state index is 13.1. The molecule has 1 aliphatic heterocycles. The number of carbonyl (C=O) groups is 1. The molecule has 1 aliphatic carbocycles. The van der Waals surface area contributed by atoms with Gasteiger partial charge in [0.25, 0.3) is 0 Å². The summed E-state index contributed by atoms with van der Waals surface area (Å²) in [5, 5.41) is 9.64. The van der Waals surface area contributed by atoms with Crippen LogP contribution in [0, 0.1) is 11.3 Å². The normalized spacial score (nSPS) is 21.1. The van der Waals surface area contributed by atoms with Gasteiger partial charge in [-0.25, -0.2) is 0 Å². The van der Waals surface area contributed by atoms with Crippen LogP contribution in [0.2, 0.25) is 0 Å². The highest BCUT2D eigenvalue weighted by Gasteiger charge is 2.33. The predicted molar refractivity (Wildman–Crippen MR) is 103 cm³/mol. The van der Waals surface area contributed by atoms with Gasteiger partial charge in [-0.2, -0.15) is 5.26 Å². The van der Waals surface area contributed by atoms with Gasteiger partial charge in [-0.15, -0.1) is 0 Å². The van der Waals surface area contributed by atoms with Crippen molar-refractivity contribution in [2.45, 2.75) is 31.2 Å². The number of aromatic nitrogens is 1. The van der Waals surface area contributed by atoms with Crippen LogP contribution in [0.25, 0.3) is 0 Å². The third-order valence-corrected chi connectivity index (χ3v) is 5.72. The van der Waals surface area contributed by atoms with Gasteiger partial charge in [0.15, 0.2) is 0 Å². The van der Waals surface area contributed by atoms with Gasteiger partial charge in [-0.3, -0.25) is 14.7 Å². The molecule has 2 atom stereocenters. The van der Waals surface area contributed by atoms with Crippen LogP contribution in [-0.2, 0) is 11.2 Å². The molecule has 2 aliphatic rings. The lowest BCUT2D eigenvalue weighted by atomic mass is 9.85. The molecule has 4 rings (SSSR count). The van der Waals surface area contributed by atoms with Gasteiger partial charge in [0.2, 0.25) is 5.91 Å². The van der Waals surface area contributed by atoms with Crippen LogP contribution in [0.3, 0.4) is 0 Å². The molecule has 0 saturated carbocycles.